The van der Waals surface area contributed by atoms with Crippen molar-refractivity contribution in [2.75, 3.05) is 39.5 Å². The summed E-state index contributed by atoms with van der Waals surface area (Å²) in [4.78, 5) is 2.25. The molecule has 0 amide bonds. The normalized spacial score (nSPS) is 33.5. The van der Waals surface area contributed by atoms with Gasteiger partial charge < -0.3 is 4.74 Å². The third-order valence-electron chi connectivity index (χ3n) is 2.75. The first-order chi connectivity index (χ1) is 7.17. The molecule has 1 unspecified atom stereocenters. The lowest BCUT2D eigenvalue weighted by Gasteiger charge is -2.33. The van der Waals surface area contributed by atoms with E-state index in [4.69, 9.17) is 8.92 Å². The van der Waals surface area contributed by atoms with E-state index in [0.717, 1.165) is 32.7 Å². The second kappa shape index (κ2) is 4.75. The maximum absolute atomic E-state index is 11.1. The average Bonchev–Trinajstić information content (AvgIpc) is 2.41. The van der Waals surface area contributed by atoms with Crippen molar-refractivity contribution in [3.63, 3.8) is 0 Å². The van der Waals surface area contributed by atoms with Crippen molar-refractivity contribution in [2.24, 2.45) is 0 Å². The quantitative estimate of drug-likeness (QED) is 0.628. The van der Waals surface area contributed by atoms with Crippen LogP contribution in [0.15, 0.2) is 0 Å². The Morgan fingerprint density at radius 2 is 1.93 bits per heavy atom. The van der Waals surface area contributed by atoms with Crippen LogP contribution in [0, 0.1) is 0 Å². The zero-order valence-corrected chi connectivity index (χ0v) is 9.33. The summed E-state index contributed by atoms with van der Waals surface area (Å²) in [6.45, 7) is 3.88. The first kappa shape index (κ1) is 11.3. The number of nitrogens with one attached hydrogen (secondary N) is 1. The molecule has 0 radical (unpaired) electrons. The molecule has 1 N–H and O–H groups in total. The molecule has 2 saturated heterocycles. The minimum atomic E-state index is -3.50. The van der Waals surface area contributed by atoms with Gasteiger partial charge in [-0.15, -0.1) is 0 Å². The van der Waals surface area contributed by atoms with Crippen LogP contribution in [0.3, 0.4) is 0 Å². The van der Waals surface area contributed by atoms with Crippen LogP contribution in [0.25, 0.3) is 0 Å². The second-order valence-electron chi connectivity index (χ2n) is 3.72. The fourth-order valence-electron chi connectivity index (χ4n) is 1.89. The lowest BCUT2D eigenvalue weighted by Crippen LogP contribution is -2.47. The molecule has 2 aliphatic heterocycles. The van der Waals surface area contributed by atoms with Gasteiger partial charge in [0.2, 0.25) is 0 Å². The molecule has 2 aliphatic rings. The van der Waals surface area contributed by atoms with E-state index < -0.39 is 10.3 Å². The van der Waals surface area contributed by atoms with Crippen molar-refractivity contribution < 1.29 is 17.3 Å². The van der Waals surface area contributed by atoms with Gasteiger partial charge in [-0.1, -0.05) is 0 Å². The van der Waals surface area contributed by atoms with Crippen molar-refractivity contribution in [3.05, 3.63) is 0 Å². The third-order valence-corrected chi connectivity index (χ3v) is 3.74. The fourth-order valence-corrected chi connectivity index (χ4v) is 2.69. The standard InChI is InChI=1S/C8H16N2O4S/c11-15(12)9-7-8(1-4-14-15)10-2-5-13-6-3-10/h8-9H,1-7H2. The molecule has 0 aliphatic carbocycles. The highest BCUT2D eigenvalue weighted by atomic mass is 32.2. The topological polar surface area (TPSA) is 67.9 Å². The molecule has 2 fully saturated rings. The maximum Gasteiger partial charge on any atom is 0.335 e. The molecule has 0 spiro atoms. The number of hydrogen-bond donors (Lipinski definition) is 1. The molecule has 0 bridgehead atoms. The smallest absolute Gasteiger partial charge is 0.335 e. The number of morpholine rings is 1. The van der Waals surface area contributed by atoms with Crippen LogP contribution in [-0.2, 0) is 19.2 Å². The number of hydrogen-bond acceptors (Lipinski definition) is 5. The Hall–Kier alpha value is -0.210. The lowest BCUT2D eigenvalue weighted by molar-refractivity contribution is 0.0150. The molecule has 2 rings (SSSR count). The van der Waals surface area contributed by atoms with Gasteiger partial charge in [-0.05, 0) is 6.42 Å². The summed E-state index contributed by atoms with van der Waals surface area (Å²) in [5.41, 5.74) is 0. The minimum Gasteiger partial charge on any atom is -0.379 e. The van der Waals surface area contributed by atoms with E-state index in [9.17, 15) is 8.42 Å². The van der Waals surface area contributed by atoms with E-state index in [1.54, 1.807) is 0 Å². The van der Waals surface area contributed by atoms with E-state index in [0.29, 0.717) is 6.54 Å². The van der Waals surface area contributed by atoms with Crippen LogP contribution in [0.4, 0.5) is 0 Å². The van der Waals surface area contributed by atoms with Crippen LogP contribution in [0.5, 0.6) is 0 Å². The van der Waals surface area contributed by atoms with Crippen LogP contribution in [0.2, 0.25) is 0 Å². The zero-order valence-electron chi connectivity index (χ0n) is 8.52. The monoisotopic (exact) mass is 236 g/mol. The van der Waals surface area contributed by atoms with Crippen molar-refractivity contribution in [2.45, 2.75) is 12.5 Å². The SMILES string of the molecule is O=S1(=O)NCC(N2CCOCC2)CCO1. The van der Waals surface area contributed by atoms with E-state index in [1.807, 2.05) is 0 Å². The largest absolute Gasteiger partial charge is 0.379 e. The number of nitrogens with zero attached hydrogens (tertiary/aromatic N) is 1. The summed E-state index contributed by atoms with van der Waals surface area (Å²) in [6.07, 6.45) is 0.742. The van der Waals surface area contributed by atoms with E-state index >= 15 is 0 Å². The zero-order chi connectivity index (χ0) is 10.7. The molecular weight excluding hydrogens is 220 g/mol. The third kappa shape index (κ3) is 3.12. The highest BCUT2D eigenvalue weighted by Gasteiger charge is 2.26. The van der Waals surface area contributed by atoms with Gasteiger partial charge >= 0.3 is 10.3 Å². The molecule has 7 heteroatoms. The highest BCUT2D eigenvalue weighted by Crippen LogP contribution is 2.11. The van der Waals surface area contributed by atoms with E-state index in [2.05, 4.69) is 9.62 Å². The first-order valence-corrected chi connectivity index (χ1v) is 6.54. The average molecular weight is 236 g/mol. The van der Waals surface area contributed by atoms with Gasteiger partial charge in [0.05, 0.1) is 19.8 Å². The summed E-state index contributed by atoms with van der Waals surface area (Å²) in [6, 6.07) is 0.228. The van der Waals surface area contributed by atoms with Crippen LogP contribution in [0.1, 0.15) is 6.42 Å². The minimum absolute atomic E-state index is 0.228. The Balaban J connectivity index is 1.92. The predicted octanol–water partition coefficient (Wildman–Crippen LogP) is -1.06. The molecule has 0 saturated carbocycles. The second-order valence-corrected chi connectivity index (χ2v) is 5.15. The van der Waals surface area contributed by atoms with Gasteiger partial charge in [-0.25, -0.2) is 0 Å². The predicted molar refractivity (Wildman–Crippen MR) is 53.7 cm³/mol. The van der Waals surface area contributed by atoms with Gasteiger partial charge in [-0.2, -0.15) is 13.1 Å². The molecule has 2 heterocycles. The van der Waals surface area contributed by atoms with E-state index in [1.165, 1.54) is 0 Å². The molecule has 88 valence electrons. The van der Waals surface area contributed by atoms with Gasteiger partial charge in [-0.3, -0.25) is 9.08 Å². The van der Waals surface area contributed by atoms with Crippen LogP contribution < -0.4 is 4.72 Å². The Morgan fingerprint density at radius 3 is 2.67 bits per heavy atom. The Bertz CT molecular complexity index is 300. The number of ether oxygens (including phenoxy) is 1. The van der Waals surface area contributed by atoms with Crippen LogP contribution in [-0.4, -0.2) is 58.8 Å². The van der Waals surface area contributed by atoms with Gasteiger partial charge in [0, 0.05) is 25.7 Å². The van der Waals surface area contributed by atoms with Gasteiger partial charge in [0.25, 0.3) is 0 Å². The van der Waals surface area contributed by atoms with Crippen molar-refractivity contribution >= 4 is 10.3 Å². The van der Waals surface area contributed by atoms with Crippen molar-refractivity contribution in [1.29, 1.82) is 0 Å². The summed E-state index contributed by atoms with van der Waals surface area (Å²) >= 11 is 0. The van der Waals surface area contributed by atoms with E-state index in [-0.39, 0.29) is 12.6 Å². The first-order valence-electron chi connectivity index (χ1n) is 5.13. The maximum atomic E-state index is 11.1. The Morgan fingerprint density at radius 1 is 1.20 bits per heavy atom. The summed E-state index contributed by atoms with van der Waals surface area (Å²) < 4.78 is 34.6. The van der Waals surface area contributed by atoms with Crippen molar-refractivity contribution in [1.82, 2.24) is 9.62 Å². The molecule has 15 heavy (non-hydrogen) atoms. The highest BCUT2D eigenvalue weighted by molar-refractivity contribution is 7.84. The molecule has 0 aromatic rings. The number of rotatable bonds is 1. The molecule has 0 aromatic heterocycles. The summed E-state index contributed by atoms with van der Waals surface area (Å²) in [7, 11) is -3.50. The summed E-state index contributed by atoms with van der Waals surface area (Å²) in [5.74, 6) is 0. The summed E-state index contributed by atoms with van der Waals surface area (Å²) in [5, 5.41) is 0. The Kier molecular flexibility index (Phi) is 3.57. The van der Waals surface area contributed by atoms with Gasteiger partial charge in [0.15, 0.2) is 0 Å². The lowest BCUT2D eigenvalue weighted by atomic mass is 10.1. The van der Waals surface area contributed by atoms with Crippen LogP contribution >= 0.6 is 0 Å². The Labute approximate surface area is 89.8 Å². The molecular formula is C8H16N2O4S. The molecule has 6 nitrogen and oxygen atoms in total. The fraction of sp³-hybridized carbons (Fsp3) is 1.00. The van der Waals surface area contributed by atoms with Crippen molar-refractivity contribution in [3.8, 4) is 0 Å². The van der Waals surface area contributed by atoms with Gasteiger partial charge in [0.1, 0.15) is 0 Å². The molecule has 0 aromatic carbocycles. The molecule has 1 atom stereocenters.